The van der Waals surface area contributed by atoms with Crippen LogP contribution in [0.15, 0.2) is 53.4 Å². The smallest absolute Gasteiger partial charge is 0.357 e. The summed E-state index contributed by atoms with van der Waals surface area (Å²) in [6.45, 7) is 10.3. The highest BCUT2D eigenvalue weighted by molar-refractivity contribution is 7.89. The number of aldehydes is 1. The van der Waals surface area contributed by atoms with Gasteiger partial charge in [-0.15, -0.1) is 0 Å². The van der Waals surface area contributed by atoms with Crippen molar-refractivity contribution in [3.8, 4) is 5.75 Å². The van der Waals surface area contributed by atoms with E-state index in [-0.39, 0.29) is 29.8 Å². The Balaban J connectivity index is 1.49. The van der Waals surface area contributed by atoms with Crippen LogP contribution in [0.1, 0.15) is 76.1 Å². The molecule has 13 heteroatoms. The number of rotatable bonds is 16. The van der Waals surface area contributed by atoms with Crippen molar-refractivity contribution in [2.24, 2.45) is 0 Å². The predicted molar refractivity (Wildman–Crippen MR) is 178 cm³/mol. The fraction of sp³-hybridized carbons (Fsp3) is 0.441. The van der Waals surface area contributed by atoms with Crippen LogP contribution in [0.25, 0.3) is 0 Å². The van der Waals surface area contributed by atoms with Gasteiger partial charge in [0, 0.05) is 38.3 Å². The Morgan fingerprint density at radius 2 is 1.66 bits per heavy atom. The zero-order valence-electron chi connectivity index (χ0n) is 27.5. The van der Waals surface area contributed by atoms with E-state index in [0.29, 0.717) is 92.4 Å². The molecule has 0 unspecified atom stereocenters. The second-order valence-corrected chi connectivity index (χ2v) is 13.0. The number of aromatic nitrogens is 1. The number of ether oxygens (including phenoxy) is 3. The number of nitrogens with one attached hydrogen (secondary N) is 1. The van der Waals surface area contributed by atoms with E-state index in [9.17, 15) is 22.8 Å². The summed E-state index contributed by atoms with van der Waals surface area (Å²) in [4.78, 5) is 39.5. The van der Waals surface area contributed by atoms with Gasteiger partial charge >= 0.3 is 11.9 Å². The molecule has 1 aromatic heterocycles. The quantitative estimate of drug-likeness (QED) is 0.131. The topological polar surface area (TPSA) is 136 Å². The monoisotopic (exact) mass is 668 g/mol. The molecule has 1 aliphatic heterocycles. The third-order valence-corrected chi connectivity index (χ3v) is 9.85. The Kier molecular flexibility index (Phi) is 12.6. The lowest BCUT2D eigenvalue weighted by Crippen LogP contribution is -2.48. The zero-order chi connectivity index (χ0) is 34.0. The number of hydrogen-bond donors (Lipinski definition) is 1. The van der Waals surface area contributed by atoms with Gasteiger partial charge in [-0.25, -0.2) is 18.0 Å². The van der Waals surface area contributed by atoms with Crippen LogP contribution in [0.3, 0.4) is 0 Å². The van der Waals surface area contributed by atoms with Gasteiger partial charge in [-0.3, -0.25) is 14.9 Å². The van der Waals surface area contributed by atoms with Crippen LogP contribution < -0.4 is 10.2 Å². The number of carbonyl (C=O) groups excluding carboxylic acids is 3. The lowest BCUT2D eigenvalue weighted by molar-refractivity contribution is 0.0480. The summed E-state index contributed by atoms with van der Waals surface area (Å²) in [7, 11) is -3.88. The maximum Gasteiger partial charge on any atom is 0.357 e. The van der Waals surface area contributed by atoms with Crippen molar-refractivity contribution in [1.29, 1.82) is 0 Å². The maximum absolute atomic E-state index is 13.8. The van der Waals surface area contributed by atoms with Crippen molar-refractivity contribution < 1.29 is 37.0 Å². The van der Waals surface area contributed by atoms with Crippen molar-refractivity contribution in [3.63, 3.8) is 0 Å². The second-order valence-electron chi connectivity index (χ2n) is 11.1. The van der Waals surface area contributed by atoms with Gasteiger partial charge in [0.25, 0.3) is 0 Å². The van der Waals surface area contributed by atoms with Gasteiger partial charge in [-0.1, -0.05) is 31.5 Å². The molecule has 12 nitrogen and oxygen atoms in total. The molecule has 2 aromatic carbocycles. The number of esters is 2. The predicted octanol–water partition coefficient (Wildman–Crippen LogP) is 4.57. The molecule has 0 aliphatic carbocycles. The van der Waals surface area contributed by atoms with E-state index >= 15 is 0 Å². The highest BCUT2D eigenvalue weighted by atomic mass is 32.2. The van der Waals surface area contributed by atoms with E-state index in [4.69, 9.17) is 14.2 Å². The average molecular weight is 669 g/mol. The van der Waals surface area contributed by atoms with Crippen molar-refractivity contribution in [3.05, 3.63) is 76.6 Å². The van der Waals surface area contributed by atoms with Crippen LogP contribution in [0.5, 0.6) is 5.75 Å². The van der Waals surface area contributed by atoms with Gasteiger partial charge in [-0.05, 0) is 69.5 Å². The molecule has 0 amide bonds. The fourth-order valence-electron chi connectivity index (χ4n) is 5.59. The summed E-state index contributed by atoms with van der Waals surface area (Å²) in [5, 5.41) is 0. The molecule has 0 radical (unpaired) electrons. The summed E-state index contributed by atoms with van der Waals surface area (Å²) in [6.07, 6.45) is 2.55. The highest BCUT2D eigenvalue weighted by Crippen LogP contribution is 2.32. The lowest BCUT2D eigenvalue weighted by atomic mass is 10.1. The molecule has 1 N–H and O–H groups in total. The standard InChI is InChI=1S/C34H44N4O8S/c1-5-12-30-28(24-39)25(4)32(34(41)45-7-3)38(30)35-29-23-27(15-16-31(29)44-6-2)47(42,43)37-20-18-36(19-21-37)17-11-22-46-33(40)26-13-9-8-10-14-26/h8-10,13-16,23-24,35H,5-7,11-12,17-22H2,1-4H3. The fourth-order valence-corrected chi connectivity index (χ4v) is 7.03. The van der Waals surface area contributed by atoms with Crippen molar-refractivity contribution in [2.45, 2.75) is 51.9 Å². The third-order valence-electron chi connectivity index (χ3n) is 7.95. The number of anilines is 1. The molecule has 47 heavy (non-hydrogen) atoms. The molecule has 1 saturated heterocycles. The summed E-state index contributed by atoms with van der Waals surface area (Å²) >= 11 is 0. The summed E-state index contributed by atoms with van der Waals surface area (Å²) in [6, 6.07) is 13.4. The van der Waals surface area contributed by atoms with E-state index in [1.165, 1.54) is 21.1 Å². The SMILES string of the molecule is CCCc1c(C=O)c(C)c(C(=O)OCC)n1Nc1cc(S(=O)(=O)N2CCN(CCCOC(=O)c3ccccc3)CC2)ccc1OCC. The third kappa shape index (κ3) is 8.40. The maximum atomic E-state index is 13.8. The molecule has 0 saturated carbocycles. The Hall–Kier alpha value is -4.20. The number of carbonyl (C=O) groups is 3. The number of benzene rings is 2. The van der Waals surface area contributed by atoms with Crippen LogP contribution >= 0.6 is 0 Å². The molecular formula is C34H44N4O8S. The van der Waals surface area contributed by atoms with E-state index in [1.807, 2.05) is 19.9 Å². The van der Waals surface area contributed by atoms with E-state index < -0.39 is 16.0 Å². The van der Waals surface area contributed by atoms with Gasteiger partial charge in [-0.2, -0.15) is 4.31 Å². The molecule has 4 rings (SSSR count). The molecule has 2 heterocycles. The first-order chi connectivity index (χ1) is 22.7. The first-order valence-electron chi connectivity index (χ1n) is 16.0. The summed E-state index contributed by atoms with van der Waals surface area (Å²) in [5.74, 6) is -0.571. The minimum Gasteiger partial charge on any atom is -0.492 e. The Labute approximate surface area is 276 Å². The second kappa shape index (κ2) is 16.6. The van der Waals surface area contributed by atoms with Gasteiger partial charge in [0.15, 0.2) is 12.0 Å². The van der Waals surface area contributed by atoms with Crippen LogP contribution in [-0.2, 0) is 25.9 Å². The summed E-state index contributed by atoms with van der Waals surface area (Å²) in [5.41, 5.74) is 5.64. The minimum absolute atomic E-state index is 0.0685. The molecule has 0 spiro atoms. The normalized spacial score (nSPS) is 14.0. The Morgan fingerprint density at radius 3 is 2.30 bits per heavy atom. The van der Waals surface area contributed by atoms with Crippen LogP contribution in [-0.4, -0.2) is 93.1 Å². The van der Waals surface area contributed by atoms with Crippen molar-refractivity contribution >= 4 is 33.9 Å². The number of piperazine rings is 1. The Bertz CT molecular complexity index is 1650. The minimum atomic E-state index is -3.88. The number of hydrogen-bond acceptors (Lipinski definition) is 10. The van der Waals surface area contributed by atoms with E-state index in [1.54, 1.807) is 44.2 Å². The van der Waals surface area contributed by atoms with Gasteiger partial charge in [0.1, 0.15) is 5.75 Å². The number of sulfonamides is 1. The summed E-state index contributed by atoms with van der Waals surface area (Å²) < 4.78 is 47.1. The van der Waals surface area contributed by atoms with Gasteiger partial charge in [0.05, 0.1) is 41.7 Å². The van der Waals surface area contributed by atoms with Crippen LogP contribution in [0.4, 0.5) is 5.69 Å². The first kappa shape index (κ1) is 35.7. The van der Waals surface area contributed by atoms with E-state index in [0.717, 1.165) is 6.29 Å². The first-order valence-corrected chi connectivity index (χ1v) is 17.4. The molecule has 1 aliphatic rings. The van der Waals surface area contributed by atoms with E-state index in [2.05, 4.69) is 10.3 Å². The largest absolute Gasteiger partial charge is 0.492 e. The average Bonchev–Trinajstić information content (AvgIpc) is 3.33. The van der Waals surface area contributed by atoms with Crippen LogP contribution in [0.2, 0.25) is 0 Å². The molecule has 0 bridgehead atoms. The zero-order valence-corrected chi connectivity index (χ0v) is 28.3. The molecule has 0 atom stereocenters. The molecule has 1 fully saturated rings. The van der Waals surface area contributed by atoms with Crippen molar-refractivity contribution in [2.75, 3.05) is 58.0 Å². The van der Waals surface area contributed by atoms with Gasteiger partial charge in [0.2, 0.25) is 10.0 Å². The molecule has 3 aromatic rings. The Morgan fingerprint density at radius 1 is 0.936 bits per heavy atom. The number of nitrogens with zero attached hydrogens (tertiary/aromatic N) is 3. The highest BCUT2D eigenvalue weighted by Gasteiger charge is 2.30. The van der Waals surface area contributed by atoms with Gasteiger partial charge < -0.3 is 19.1 Å². The van der Waals surface area contributed by atoms with Crippen molar-refractivity contribution in [1.82, 2.24) is 13.9 Å². The van der Waals surface area contributed by atoms with Crippen LogP contribution in [0, 0.1) is 6.92 Å². The molecule has 254 valence electrons. The lowest BCUT2D eigenvalue weighted by Gasteiger charge is -2.34. The molecular weight excluding hydrogens is 624 g/mol.